The number of aromatic nitrogens is 1. The molecule has 7 nitrogen and oxygen atoms in total. The van der Waals surface area contributed by atoms with Crippen molar-refractivity contribution in [3.05, 3.63) is 11.8 Å². The number of nitrogens with zero attached hydrogens (tertiary/aromatic N) is 2. The lowest BCUT2D eigenvalue weighted by Crippen LogP contribution is -2.30. The topological polar surface area (TPSA) is 102 Å². The molecule has 1 aromatic heterocycles. The highest BCUT2D eigenvalue weighted by atomic mass is 16.5. The van der Waals surface area contributed by atoms with Gasteiger partial charge >= 0.3 is 0 Å². The Labute approximate surface area is 143 Å². The number of carbonyl (C=O) groups excluding carboxylic acids is 1. The van der Waals surface area contributed by atoms with Crippen LogP contribution in [-0.2, 0) is 11.2 Å². The first-order chi connectivity index (χ1) is 11.7. The van der Waals surface area contributed by atoms with Gasteiger partial charge < -0.3 is 25.0 Å². The van der Waals surface area contributed by atoms with Crippen LogP contribution in [0.15, 0.2) is 10.6 Å². The fourth-order valence-electron chi connectivity index (χ4n) is 2.80. The number of carbonyl (C=O) groups is 1. The minimum atomic E-state index is -0.405. The van der Waals surface area contributed by atoms with Gasteiger partial charge in [0.15, 0.2) is 0 Å². The average Bonchev–Trinajstić information content (AvgIpc) is 3.19. The van der Waals surface area contributed by atoms with Crippen LogP contribution in [0.2, 0.25) is 0 Å². The summed E-state index contributed by atoms with van der Waals surface area (Å²) in [6.07, 6.45) is 7.23. The maximum absolute atomic E-state index is 12.1. The number of likely N-dealkylation sites (tertiary alicyclic amines) is 1. The number of amides is 1. The summed E-state index contributed by atoms with van der Waals surface area (Å²) in [7, 11) is 0. The van der Waals surface area contributed by atoms with Crippen LogP contribution < -0.4 is 10.5 Å². The third kappa shape index (κ3) is 6.49. The highest BCUT2D eigenvalue weighted by Crippen LogP contribution is 2.16. The summed E-state index contributed by atoms with van der Waals surface area (Å²) in [6.45, 7) is 2.39. The molecule has 1 saturated heterocycles. The maximum atomic E-state index is 12.1. The van der Waals surface area contributed by atoms with Gasteiger partial charge in [-0.05, 0) is 31.0 Å². The fourth-order valence-corrected chi connectivity index (χ4v) is 2.80. The summed E-state index contributed by atoms with van der Waals surface area (Å²) in [5.41, 5.74) is 5.46. The summed E-state index contributed by atoms with van der Waals surface area (Å²) < 4.78 is 10.7. The molecule has 1 aromatic rings. The molecular weight excluding hydrogens is 310 g/mol. The van der Waals surface area contributed by atoms with E-state index in [1.807, 2.05) is 0 Å². The van der Waals surface area contributed by atoms with Gasteiger partial charge in [0, 0.05) is 19.2 Å². The Bertz CT molecular complexity index is 492. The first-order valence-corrected chi connectivity index (χ1v) is 8.93. The number of aliphatic hydroxyl groups is 1. The van der Waals surface area contributed by atoms with E-state index in [1.165, 1.54) is 19.3 Å². The number of ether oxygens (including phenoxy) is 1. The predicted octanol–water partition coefficient (Wildman–Crippen LogP) is 1.49. The lowest BCUT2D eigenvalue weighted by atomic mass is 10.1. The zero-order chi connectivity index (χ0) is 17.2. The number of hydrogen-bond donors (Lipinski definition) is 2. The molecule has 24 heavy (non-hydrogen) atoms. The van der Waals surface area contributed by atoms with Gasteiger partial charge in [-0.15, -0.1) is 0 Å². The van der Waals surface area contributed by atoms with E-state index in [-0.39, 0.29) is 12.3 Å². The molecule has 136 valence electrons. The van der Waals surface area contributed by atoms with Crippen molar-refractivity contribution in [2.45, 2.75) is 57.5 Å². The van der Waals surface area contributed by atoms with E-state index in [2.05, 4.69) is 5.16 Å². The summed E-state index contributed by atoms with van der Waals surface area (Å²) in [5, 5.41) is 13.3. The molecule has 1 atom stereocenters. The fraction of sp³-hybridized carbons (Fsp3) is 0.765. The lowest BCUT2D eigenvalue weighted by Gasteiger charge is -2.13. The zero-order valence-corrected chi connectivity index (χ0v) is 14.3. The molecule has 0 aliphatic carbocycles. The molecule has 2 heterocycles. The molecule has 0 bridgehead atoms. The third-order valence-electron chi connectivity index (χ3n) is 4.23. The molecule has 1 fully saturated rings. The highest BCUT2D eigenvalue weighted by molar-refractivity contribution is 5.78. The number of hydrogen-bond acceptors (Lipinski definition) is 6. The van der Waals surface area contributed by atoms with Crippen LogP contribution in [0.4, 0.5) is 0 Å². The van der Waals surface area contributed by atoms with Gasteiger partial charge in [-0.25, -0.2) is 0 Å². The van der Waals surface area contributed by atoms with Crippen molar-refractivity contribution in [3.8, 4) is 5.88 Å². The van der Waals surface area contributed by atoms with Gasteiger partial charge in [-0.3, -0.25) is 4.79 Å². The quantitative estimate of drug-likeness (QED) is 0.592. The van der Waals surface area contributed by atoms with Gasteiger partial charge in [0.05, 0.1) is 19.1 Å². The molecule has 3 N–H and O–H groups in total. The number of aliphatic hydroxyl groups excluding tert-OH is 1. The highest BCUT2D eigenvalue weighted by Gasteiger charge is 2.25. The van der Waals surface area contributed by atoms with Crippen LogP contribution in [0.3, 0.4) is 0 Å². The molecule has 0 radical (unpaired) electrons. The van der Waals surface area contributed by atoms with Gasteiger partial charge in [-0.1, -0.05) is 25.7 Å². The molecule has 1 unspecified atom stereocenters. The van der Waals surface area contributed by atoms with Crippen LogP contribution in [-0.4, -0.2) is 53.4 Å². The molecule has 2 rings (SSSR count). The van der Waals surface area contributed by atoms with E-state index in [1.54, 1.807) is 11.0 Å². The number of nitrogens with two attached hydrogens (primary N) is 1. The monoisotopic (exact) mass is 339 g/mol. The van der Waals surface area contributed by atoms with Gasteiger partial charge in [0.25, 0.3) is 5.88 Å². The van der Waals surface area contributed by atoms with Crippen LogP contribution in [0.25, 0.3) is 0 Å². The number of unbranched alkanes of at least 4 members (excludes halogenated alkanes) is 5. The maximum Gasteiger partial charge on any atom is 0.254 e. The molecule has 1 aliphatic heterocycles. The van der Waals surface area contributed by atoms with Crippen molar-refractivity contribution >= 4 is 5.91 Å². The Hall–Kier alpha value is -1.60. The van der Waals surface area contributed by atoms with E-state index in [9.17, 15) is 9.90 Å². The van der Waals surface area contributed by atoms with Crippen molar-refractivity contribution in [1.82, 2.24) is 10.1 Å². The second-order valence-electron chi connectivity index (χ2n) is 6.35. The Balaban J connectivity index is 1.58. The minimum absolute atomic E-state index is 0.0493. The van der Waals surface area contributed by atoms with Crippen molar-refractivity contribution < 1.29 is 19.2 Å². The Morgan fingerprint density at radius 3 is 2.79 bits per heavy atom. The smallest absolute Gasteiger partial charge is 0.254 e. The van der Waals surface area contributed by atoms with E-state index in [0.717, 1.165) is 25.8 Å². The zero-order valence-electron chi connectivity index (χ0n) is 14.3. The van der Waals surface area contributed by atoms with Crippen molar-refractivity contribution in [2.24, 2.45) is 5.73 Å². The Kier molecular flexibility index (Phi) is 8.04. The largest absolute Gasteiger partial charge is 0.476 e. The number of rotatable bonds is 11. The standard InChI is InChI=1S/C17H29N3O4/c18-8-5-3-1-2-4-6-10-23-16-11-15(24-19-16)12-17(22)20-9-7-14(21)13-20/h11,14,21H,1-10,12-13,18H2. The Morgan fingerprint density at radius 1 is 1.33 bits per heavy atom. The van der Waals surface area contributed by atoms with E-state index in [4.69, 9.17) is 15.0 Å². The molecule has 0 spiro atoms. The first-order valence-electron chi connectivity index (χ1n) is 8.93. The molecular formula is C17H29N3O4. The second kappa shape index (κ2) is 10.3. The van der Waals surface area contributed by atoms with Crippen molar-refractivity contribution in [1.29, 1.82) is 0 Å². The summed E-state index contributed by atoms with van der Waals surface area (Å²) in [6, 6.07) is 1.67. The lowest BCUT2D eigenvalue weighted by molar-refractivity contribution is -0.130. The Morgan fingerprint density at radius 2 is 2.08 bits per heavy atom. The van der Waals surface area contributed by atoms with Crippen LogP contribution in [0.5, 0.6) is 5.88 Å². The summed E-state index contributed by atoms with van der Waals surface area (Å²) in [5.74, 6) is 0.882. The van der Waals surface area contributed by atoms with Crippen LogP contribution in [0, 0.1) is 0 Å². The van der Waals surface area contributed by atoms with Crippen LogP contribution >= 0.6 is 0 Å². The van der Waals surface area contributed by atoms with Gasteiger partial charge in [0.2, 0.25) is 5.91 Å². The molecule has 0 aromatic carbocycles. The number of β-amino-alcohol motifs (C(OH)–C–C–N with tert-alkyl or cyclic N) is 1. The van der Waals surface area contributed by atoms with E-state index in [0.29, 0.717) is 37.8 Å². The molecule has 1 aliphatic rings. The van der Waals surface area contributed by atoms with Gasteiger partial charge in [-0.2, -0.15) is 0 Å². The average molecular weight is 339 g/mol. The normalized spacial score (nSPS) is 17.4. The van der Waals surface area contributed by atoms with E-state index >= 15 is 0 Å². The van der Waals surface area contributed by atoms with Crippen LogP contribution in [0.1, 0.15) is 50.7 Å². The predicted molar refractivity (Wildman–Crippen MR) is 89.7 cm³/mol. The summed E-state index contributed by atoms with van der Waals surface area (Å²) >= 11 is 0. The SMILES string of the molecule is NCCCCCCCCOc1cc(CC(=O)N2CCC(O)C2)on1. The van der Waals surface area contributed by atoms with Gasteiger partial charge in [0.1, 0.15) is 5.76 Å². The summed E-state index contributed by atoms with van der Waals surface area (Å²) in [4.78, 5) is 13.7. The second-order valence-corrected chi connectivity index (χ2v) is 6.35. The molecule has 0 saturated carbocycles. The minimum Gasteiger partial charge on any atom is -0.476 e. The molecule has 1 amide bonds. The third-order valence-corrected chi connectivity index (χ3v) is 4.23. The van der Waals surface area contributed by atoms with Crippen molar-refractivity contribution in [2.75, 3.05) is 26.2 Å². The first kappa shape index (κ1) is 18.7. The molecule has 7 heteroatoms. The van der Waals surface area contributed by atoms with Crippen molar-refractivity contribution in [3.63, 3.8) is 0 Å². The van der Waals surface area contributed by atoms with E-state index < -0.39 is 6.10 Å².